The molecule has 0 atom stereocenters. The third-order valence-corrected chi connectivity index (χ3v) is 6.79. The molecule has 6 rings (SSSR count). The van der Waals surface area contributed by atoms with E-state index in [1.54, 1.807) is 0 Å². The van der Waals surface area contributed by atoms with Crippen LogP contribution in [0.4, 0.5) is 11.4 Å². The smallest absolute Gasteiger partial charge is 0.0398 e. The Morgan fingerprint density at radius 1 is 0.500 bits per heavy atom. The SMILES string of the molecule is c1ccc2c(-c3ccc(Nc4ccc5c(c4)sc4ccccc45)cc3)cccc2c1. The Hall–Kier alpha value is -3.62. The normalized spacial score (nSPS) is 11.3. The molecule has 0 saturated carbocycles. The molecule has 142 valence electrons. The molecule has 1 N–H and O–H groups in total. The first kappa shape index (κ1) is 17.3. The summed E-state index contributed by atoms with van der Waals surface area (Å²) in [5, 5.41) is 8.79. The second kappa shape index (κ2) is 7.01. The minimum absolute atomic E-state index is 1.10. The van der Waals surface area contributed by atoms with E-state index in [1.807, 2.05) is 11.3 Å². The Morgan fingerprint density at radius 2 is 1.20 bits per heavy atom. The number of hydrogen-bond acceptors (Lipinski definition) is 2. The van der Waals surface area contributed by atoms with Crippen LogP contribution in [0.25, 0.3) is 42.1 Å². The zero-order valence-electron chi connectivity index (χ0n) is 16.3. The van der Waals surface area contributed by atoms with Crippen LogP contribution in [0.15, 0.2) is 109 Å². The van der Waals surface area contributed by atoms with Gasteiger partial charge < -0.3 is 5.32 Å². The summed E-state index contributed by atoms with van der Waals surface area (Å²) in [5.41, 5.74) is 4.72. The fraction of sp³-hybridized carbons (Fsp3) is 0. The Balaban J connectivity index is 1.32. The third kappa shape index (κ3) is 2.94. The minimum atomic E-state index is 1.10. The summed E-state index contributed by atoms with van der Waals surface area (Å²) in [7, 11) is 0. The highest BCUT2D eigenvalue weighted by molar-refractivity contribution is 7.25. The first-order valence-corrected chi connectivity index (χ1v) is 10.9. The molecule has 1 aromatic heterocycles. The van der Waals surface area contributed by atoms with Crippen molar-refractivity contribution in [2.45, 2.75) is 0 Å². The number of hydrogen-bond donors (Lipinski definition) is 1. The summed E-state index contributed by atoms with van der Waals surface area (Å²) in [6, 6.07) is 39.0. The van der Waals surface area contributed by atoms with Crippen LogP contribution in [0.3, 0.4) is 0 Å². The van der Waals surface area contributed by atoms with Crippen LogP contribution >= 0.6 is 11.3 Å². The molecule has 0 aliphatic rings. The van der Waals surface area contributed by atoms with Crippen LogP contribution in [0, 0.1) is 0 Å². The van der Waals surface area contributed by atoms with Crippen LogP contribution in [0.1, 0.15) is 0 Å². The molecule has 0 aliphatic heterocycles. The van der Waals surface area contributed by atoms with E-state index in [-0.39, 0.29) is 0 Å². The zero-order chi connectivity index (χ0) is 19.9. The van der Waals surface area contributed by atoms with Crippen molar-refractivity contribution in [1.29, 1.82) is 0 Å². The molecule has 0 amide bonds. The number of benzene rings is 5. The first-order valence-electron chi connectivity index (χ1n) is 10.1. The Kier molecular flexibility index (Phi) is 4.03. The topological polar surface area (TPSA) is 12.0 Å². The average molecular weight is 402 g/mol. The molecule has 1 nitrogen and oxygen atoms in total. The van der Waals surface area contributed by atoms with Gasteiger partial charge in [0.15, 0.2) is 0 Å². The fourth-order valence-electron chi connectivity index (χ4n) is 4.18. The number of thiophene rings is 1. The lowest BCUT2D eigenvalue weighted by Gasteiger charge is -2.10. The van der Waals surface area contributed by atoms with Gasteiger partial charge in [-0.15, -0.1) is 11.3 Å². The molecular formula is C28H19NS. The predicted molar refractivity (Wildman–Crippen MR) is 132 cm³/mol. The number of fused-ring (bicyclic) bond motifs is 4. The van der Waals surface area contributed by atoms with Crippen LogP contribution in [0.2, 0.25) is 0 Å². The van der Waals surface area contributed by atoms with Crippen molar-refractivity contribution >= 4 is 53.7 Å². The van der Waals surface area contributed by atoms with Gasteiger partial charge in [-0.25, -0.2) is 0 Å². The highest BCUT2D eigenvalue weighted by Gasteiger charge is 2.06. The van der Waals surface area contributed by atoms with Crippen LogP contribution < -0.4 is 5.32 Å². The molecule has 0 saturated heterocycles. The van der Waals surface area contributed by atoms with E-state index in [0.717, 1.165) is 11.4 Å². The molecule has 0 radical (unpaired) electrons. The standard InChI is InChI=1S/C28H19NS/c1-2-8-23-19(6-1)7-5-10-24(23)20-12-14-21(15-13-20)29-22-16-17-26-25-9-3-4-11-27(25)30-28(26)18-22/h1-18,29H. The molecule has 0 bridgehead atoms. The van der Waals surface area contributed by atoms with Crippen molar-refractivity contribution in [3.63, 3.8) is 0 Å². The molecule has 2 heteroatoms. The summed E-state index contributed by atoms with van der Waals surface area (Å²) in [4.78, 5) is 0. The fourth-order valence-corrected chi connectivity index (χ4v) is 5.33. The second-order valence-electron chi connectivity index (χ2n) is 7.54. The largest absolute Gasteiger partial charge is 0.355 e. The van der Waals surface area contributed by atoms with Crippen molar-refractivity contribution in [2.24, 2.45) is 0 Å². The van der Waals surface area contributed by atoms with Gasteiger partial charge in [-0.05, 0) is 52.2 Å². The minimum Gasteiger partial charge on any atom is -0.355 e. The van der Waals surface area contributed by atoms with E-state index >= 15 is 0 Å². The number of nitrogens with one attached hydrogen (secondary N) is 1. The van der Waals surface area contributed by atoms with E-state index in [0.29, 0.717) is 0 Å². The van der Waals surface area contributed by atoms with Gasteiger partial charge in [0, 0.05) is 31.5 Å². The highest BCUT2D eigenvalue weighted by atomic mass is 32.1. The highest BCUT2D eigenvalue weighted by Crippen LogP contribution is 2.36. The Labute approximate surface area is 179 Å². The lowest BCUT2D eigenvalue weighted by atomic mass is 9.98. The van der Waals surface area contributed by atoms with Crippen molar-refractivity contribution in [3.05, 3.63) is 109 Å². The molecule has 5 aromatic carbocycles. The van der Waals surface area contributed by atoms with E-state index in [9.17, 15) is 0 Å². The van der Waals surface area contributed by atoms with E-state index < -0.39 is 0 Å². The molecule has 0 unspecified atom stereocenters. The quantitative estimate of drug-likeness (QED) is 0.313. The molecular weight excluding hydrogens is 382 g/mol. The van der Waals surface area contributed by atoms with Crippen molar-refractivity contribution in [1.82, 2.24) is 0 Å². The molecule has 0 fully saturated rings. The van der Waals surface area contributed by atoms with Gasteiger partial charge in [0.2, 0.25) is 0 Å². The Bertz CT molecular complexity index is 1500. The monoisotopic (exact) mass is 401 g/mol. The van der Waals surface area contributed by atoms with Gasteiger partial charge in [-0.2, -0.15) is 0 Å². The maximum Gasteiger partial charge on any atom is 0.0398 e. The van der Waals surface area contributed by atoms with Gasteiger partial charge in [0.1, 0.15) is 0 Å². The maximum atomic E-state index is 3.56. The summed E-state index contributed by atoms with van der Waals surface area (Å²) in [6.07, 6.45) is 0. The van der Waals surface area contributed by atoms with Gasteiger partial charge in [-0.1, -0.05) is 78.9 Å². The second-order valence-corrected chi connectivity index (χ2v) is 8.62. The lowest BCUT2D eigenvalue weighted by Crippen LogP contribution is -1.90. The molecule has 0 spiro atoms. The average Bonchev–Trinajstić information content (AvgIpc) is 3.17. The maximum absolute atomic E-state index is 3.56. The van der Waals surface area contributed by atoms with Crippen molar-refractivity contribution in [3.8, 4) is 11.1 Å². The van der Waals surface area contributed by atoms with E-state index in [2.05, 4.69) is 115 Å². The van der Waals surface area contributed by atoms with Gasteiger partial charge in [-0.3, -0.25) is 0 Å². The van der Waals surface area contributed by atoms with Crippen LogP contribution in [-0.4, -0.2) is 0 Å². The summed E-state index contributed by atoms with van der Waals surface area (Å²) in [5.74, 6) is 0. The van der Waals surface area contributed by atoms with E-state index in [4.69, 9.17) is 0 Å². The van der Waals surface area contributed by atoms with Gasteiger partial charge in [0.05, 0.1) is 0 Å². The molecule has 30 heavy (non-hydrogen) atoms. The van der Waals surface area contributed by atoms with Crippen molar-refractivity contribution < 1.29 is 0 Å². The Morgan fingerprint density at radius 3 is 2.10 bits per heavy atom. The van der Waals surface area contributed by atoms with Gasteiger partial charge in [0.25, 0.3) is 0 Å². The van der Waals surface area contributed by atoms with Crippen LogP contribution in [-0.2, 0) is 0 Å². The number of rotatable bonds is 3. The predicted octanol–water partition coefficient (Wildman–Crippen LogP) is 8.62. The summed E-state index contributed by atoms with van der Waals surface area (Å²) < 4.78 is 2.65. The zero-order valence-corrected chi connectivity index (χ0v) is 17.1. The lowest BCUT2D eigenvalue weighted by molar-refractivity contribution is 1.57. The number of anilines is 2. The molecule has 0 aliphatic carbocycles. The van der Waals surface area contributed by atoms with E-state index in [1.165, 1.54) is 42.1 Å². The summed E-state index contributed by atoms with van der Waals surface area (Å²) >= 11 is 1.85. The first-order chi connectivity index (χ1) is 14.8. The third-order valence-electron chi connectivity index (χ3n) is 5.65. The molecule has 6 aromatic rings. The van der Waals surface area contributed by atoms with Crippen molar-refractivity contribution in [2.75, 3.05) is 5.32 Å². The summed E-state index contributed by atoms with van der Waals surface area (Å²) in [6.45, 7) is 0. The van der Waals surface area contributed by atoms with Gasteiger partial charge >= 0.3 is 0 Å². The molecule has 1 heterocycles. The van der Waals surface area contributed by atoms with Crippen LogP contribution in [0.5, 0.6) is 0 Å².